The Morgan fingerprint density at radius 1 is 1.06 bits per heavy atom. The van der Waals surface area contributed by atoms with Gasteiger partial charge in [0, 0.05) is 51.2 Å². The molecular formula is C14H22N4. The van der Waals surface area contributed by atoms with Crippen LogP contribution >= 0.6 is 0 Å². The van der Waals surface area contributed by atoms with E-state index in [1.54, 1.807) is 0 Å². The van der Waals surface area contributed by atoms with Crippen LogP contribution in [0.3, 0.4) is 0 Å². The smallest absolute Gasteiger partial charge is 0.111 e. The number of hydrogen-bond donors (Lipinski definition) is 0. The second-order valence-electron chi connectivity index (χ2n) is 4.87. The topological polar surface area (TPSA) is 35.6 Å². The van der Waals surface area contributed by atoms with Gasteiger partial charge in [-0.25, -0.2) is 9.97 Å². The number of rotatable bonds is 6. The maximum Gasteiger partial charge on any atom is 0.111 e. The molecule has 0 saturated heterocycles. The summed E-state index contributed by atoms with van der Waals surface area (Å²) in [6.07, 6.45) is 12.3. The Morgan fingerprint density at radius 3 is 2.33 bits per heavy atom. The van der Waals surface area contributed by atoms with Crippen molar-refractivity contribution in [3.8, 4) is 0 Å². The van der Waals surface area contributed by atoms with Gasteiger partial charge in [0.1, 0.15) is 11.6 Å². The minimum atomic E-state index is 0.534. The quantitative estimate of drug-likeness (QED) is 0.785. The molecule has 0 aliphatic rings. The lowest BCUT2D eigenvalue weighted by Crippen LogP contribution is -2.09. The molecule has 4 nitrogen and oxygen atoms in total. The Hall–Kier alpha value is -1.58. The number of aryl methyl sites for hydroxylation is 3. The Bertz CT molecular complexity index is 483. The van der Waals surface area contributed by atoms with E-state index in [2.05, 4.69) is 40.1 Å². The highest BCUT2D eigenvalue weighted by molar-refractivity contribution is 5.01. The van der Waals surface area contributed by atoms with Crippen molar-refractivity contribution in [3.05, 3.63) is 36.4 Å². The first-order valence-corrected chi connectivity index (χ1v) is 6.65. The fraction of sp³-hybridized carbons (Fsp3) is 0.571. The van der Waals surface area contributed by atoms with E-state index in [-0.39, 0.29) is 0 Å². The first-order chi connectivity index (χ1) is 8.72. The third-order valence-electron chi connectivity index (χ3n) is 3.50. The predicted molar refractivity (Wildman–Crippen MR) is 72.4 cm³/mol. The summed E-state index contributed by atoms with van der Waals surface area (Å²) >= 11 is 0. The SMILES string of the molecule is CCCC(CCc1nccn1C)c1nccn1C. The Labute approximate surface area is 109 Å². The van der Waals surface area contributed by atoms with Gasteiger partial charge in [-0.2, -0.15) is 0 Å². The highest BCUT2D eigenvalue weighted by atomic mass is 15.0. The number of imidazole rings is 2. The molecule has 18 heavy (non-hydrogen) atoms. The largest absolute Gasteiger partial charge is 0.338 e. The molecule has 2 aromatic rings. The van der Waals surface area contributed by atoms with Gasteiger partial charge in [-0.05, 0) is 12.8 Å². The van der Waals surface area contributed by atoms with Crippen molar-refractivity contribution in [2.24, 2.45) is 14.1 Å². The second-order valence-corrected chi connectivity index (χ2v) is 4.87. The van der Waals surface area contributed by atoms with Gasteiger partial charge in [0.2, 0.25) is 0 Å². The van der Waals surface area contributed by atoms with E-state index in [9.17, 15) is 0 Å². The van der Waals surface area contributed by atoms with E-state index in [1.165, 1.54) is 18.7 Å². The van der Waals surface area contributed by atoms with Crippen LogP contribution in [0.4, 0.5) is 0 Å². The highest BCUT2D eigenvalue weighted by Crippen LogP contribution is 2.24. The molecule has 0 fully saturated rings. The lowest BCUT2D eigenvalue weighted by atomic mass is 9.97. The molecule has 0 aliphatic carbocycles. The summed E-state index contributed by atoms with van der Waals surface area (Å²) in [6.45, 7) is 2.23. The lowest BCUT2D eigenvalue weighted by molar-refractivity contribution is 0.515. The summed E-state index contributed by atoms with van der Waals surface area (Å²) in [5, 5.41) is 0. The normalized spacial score (nSPS) is 12.8. The predicted octanol–water partition coefficient (Wildman–Crippen LogP) is 2.67. The van der Waals surface area contributed by atoms with Gasteiger partial charge in [-0.15, -0.1) is 0 Å². The molecule has 0 saturated carbocycles. The van der Waals surface area contributed by atoms with E-state index in [1.807, 2.05) is 24.8 Å². The fourth-order valence-corrected chi connectivity index (χ4v) is 2.46. The van der Waals surface area contributed by atoms with Crippen molar-refractivity contribution in [2.75, 3.05) is 0 Å². The van der Waals surface area contributed by atoms with Gasteiger partial charge in [0.15, 0.2) is 0 Å². The van der Waals surface area contributed by atoms with Crippen LogP contribution in [0.5, 0.6) is 0 Å². The molecule has 0 N–H and O–H groups in total. The van der Waals surface area contributed by atoms with Crippen LogP contribution in [0.25, 0.3) is 0 Å². The molecule has 0 aromatic carbocycles. The van der Waals surface area contributed by atoms with Gasteiger partial charge in [0.25, 0.3) is 0 Å². The van der Waals surface area contributed by atoms with E-state index < -0.39 is 0 Å². The Balaban J connectivity index is 2.03. The van der Waals surface area contributed by atoms with Crippen LogP contribution in [0.2, 0.25) is 0 Å². The minimum absolute atomic E-state index is 0.534. The fourth-order valence-electron chi connectivity index (χ4n) is 2.46. The van der Waals surface area contributed by atoms with E-state index in [4.69, 9.17) is 0 Å². The number of aromatic nitrogens is 4. The maximum absolute atomic E-state index is 4.49. The molecule has 0 radical (unpaired) electrons. The van der Waals surface area contributed by atoms with Crippen molar-refractivity contribution < 1.29 is 0 Å². The molecule has 1 unspecified atom stereocenters. The summed E-state index contributed by atoms with van der Waals surface area (Å²) < 4.78 is 4.24. The molecule has 0 spiro atoms. The van der Waals surface area contributed by atoms with Crippen molar-refractivity contribution in [3.63, 3.8) is 0 Å². The zero-order valence-corrected chi connectivity index (χ0v) is 11.5. The van der Waals surface area contributed by atoms with Crippen LogP contribution in [-0.4, -0.2) is 19.1 Å². The average molecular weight is 246 g/mol. The molecule has 0 aliphatic heterocycles. The van der Waals surface area contributed by atoms with Crippen molar-refractivity contribution in [1.29, 1.82) is 0 Å². The first kappa shape index (κ1) is 12.9. The van der Waals surface area contributed by atoms with E-state index >= 15 is 0 Å². The first-order valence-electron chi connectivity index (χ1n) is 6.65. The van der Waals surface area contributed by atoms with Gasteiger partial charge in [-0.3, -0.25) is 0 Å². The summed E-state index contributed by atoms with van der Waals surface area (Å²) in [7, 11) is 4.13. The average Bonchev–Trinajstić information content (AvgIpc) is 2.94. The minimum Gasteiger partial charge on any atom is -0.338 e. The molecule has 4 heteroatoms. The van der Waals surface area contributed by atoms with Crippen LogP contribution in [0.1, 0.15) is 43.8 Å². The molecular weight excluding hydrogens is 224 g/mol. The van der Waals surface area contributed by atoms with E-state index in [0.29, 0.717) is 5.92 Å². The molecule has 2 aromatic heterocycles. The standard InChI is InChI=1S/C14H22N4/c1-4-5-12(14-16-9-11-18(14)3)6-7-13-15-8-10-17(13)2/h8-12H,4-7H2,1-3H3. The summed E-state index contributed by atoms with van der Waals surface area (Å²) in [6, 6.07) is 0. The zero-order chi connectivity index (χ0) is 13.0. The summed E-state index contributed by atoms with van der Waals surface area (Å²) in [5.74, 6) is 2.89. The van der Waals surface area contributed by atoms with Crippen LogP contribution in [0, 0.1) is 0 Å². The van der Waals surface area contributed by atoms with E-state index in [0.717, 1.165) is 18.7 Å². The summed E-state index contributed by atoms with van der Waals surface area (Å²) in [4.78, 5) is 8.88. The summed E-state index contributed by atoms with van der Waals surface area (Å²) in [5.41, 5.74) is 0. The molecule has 0 bridgehead atoms. The number of hydrogen-bond acceptors (Lipinski definition) is 2. The van der Waals surface area contributed by atoms with Crippen LogP contribution in [0.15, 0.2) is 24.8 Å². The Kier molecular flexibility index (Phi) is 4.18. The second kappa shape index (κ2) is 5.85. The van der Waals surface area contributed by atoms with Gasteiger partial charge < -0.3 is 9.13 Å². The van der Waals surface area contributed by atoms with Gasteiger partial charge in [-0.1, -0.05) is 13.3 Å². The zero-order valence-electron chi connectivity index (χ0n) is 11.5. The van der Waals surface area contributed by atoms with Crippen LogP contribution < -0.4 is 0 Å². The highest BCUT2D eigenvalue weighted by Gasteiger charge is 2.15. The molecule has 0 amide bonds. The number of nitrogens with zero attached hydrogens (tertiary/aromatic N) is 4. The van der Waals surface area contributed by atoms with Crippen molar-refractivity contribution in [2.45, 2.75) is 38.5 Å². The van der Waals surface area contributed by atoms with Crippen LogP contribution in [-0.2, 0) is 20.5 Å². The molecule has 2 rings (SSSR count). The van der Waals surface area contributed by atoms with Gasteiger partial charge in [0.05, 0.1) is 0 Å². The molecule has 2 heterocycles. The lowest BCUT2D eigenvalue weighted by Gasteiger charge is -2.15. The van der Waals surface area contributed by atoms with Gasteiger partial charge >= 0.3 is 0 Å². The van der Waals surface area contributed by atoms with Crippen molar-refractivity contribution >= 4 is 0 Å². The maximum atomic E-state index is 4.49. The molecule has 1 atom stereocenters. The third-order valence-corrected chi connectivity index (χ3v) is 3.50. The monoisotopic (exact) mass is 246 g/mol. The molecule has 98 valence electrons. The van der Waals surface area contributed by atoms with Crippen molar-refractivity contribution in [1.82, 2.24) is 19.1 Å². The third kappa shape index (κ3) is 2.81. The Morgan fingerprint density at radius 2 is 1.78 bits per heavy atom.